The van der Waals surface area contributed by atoms with Crippen LogP contribution in [0.5, 0.6) is 0 Å². The fourth-order valence-corrected chi connectivity index (χ4v) is 1.80. The second-order valence-corrected chi connectivity index (χ2v) is 3.78. The van der Waals surface area contributed by atoms with Gasteiger partial charge in [0, 0.05) is 22.4 Å². The number of carboxylic acids is 1. The number of carboxylic acid groups (broad SMARTS) is 1. The van der Waals surface area contributed by atoms with Gasteiger partial charge in [0.15, 0.2) is 5.69 Å². The molecule has 1 radical (unpaired) electrons. The smallest absolute Gasteiger partial charge is 0.357 e. The molecule has 0 amide bonds. The summed E-state index contributed by atoms with van der Waals surface area (Å²) in [5, 5.41) is 8.89. The zero-order chi connectivity index (χ0) is 13.3. The van der Waals surface area contributed by atoms with E-state index >= 15 is 0 Å². The largest absolute Gasteiger partial charge is 0.476 e. The normalized spacial score (nSPS) is 11.7. The van der Waals surface area contributed by atoms with Gasteiger partial charge in [0.2, 0.25) is 5.95 Å². The van der Waals surface area contributed by atoms with Gasteiger partial charge in [-0.25, -0.2) is 4.79 Å². The van der Waals surface area contributed by atoms with E-state index < -0.39 is 29.7 Å². The quantitative estimate of drug-likeness (QED) is 0.856. The van der Waals surface area contributed by atoms with Crippen LogP contribution in [0.3, 0.4) is 0 Å². The molecule has 0 saturated carbocycles. The third-order valence-electron chi connectivity index (χ3n) is 2.70. The molecular weight excluding hydrogens is 350 g/mol. The molecule has 1 aromatic heterocycles. The van der Waals surface area contributed by atoms with Gasteiger partial charge >= 0.3 is 5.97 Å². The number of hydrogen-bond acceptors (Lipinski definition) is 2. The molecule has 105 valence electrons. The van der Waals surface area contributed by atoms with E-state index in [9.17, 15) is 13.6 Å². The fraction of sp³-hybridized carbons (Fsp3) is 0.167. The Labute approximate surface area is 123 Å². The molecule has 1 heterocycles. The van der Waals surface area contributed by atoms with Crippen LogP contribution >= 0.6 is 0 Å². The molecule has 0 spiro atoms. The summed E-state index contributed by atoms with van der Waals surface area (Å²) in [6.07, 6.45) is -1.15. The number of aromatic carboxylic acids is 1. The monoisotopic (exact) mass is 359 g/mol. The molecule has 2 rings (SSSR count). The van der Waals surface area contributed by atoms with Gasteiger partial charge in [-0.15, -0.1) is 0 Å². The minimum absolute atomic E-state index is 0. The maximum Gasteiger partial charge on any atom is 0.357 e. The van der Waals surface area contributed by atoms with Crippen LogP contribution in [0.1, 0.15) is 29.0 Å². The van der Waals surface area contributed by atoms with Crippen molar-refractivity contribution in [3.63, 3.8) is 0 Å². The third kappa shape index (κ3) is 2.91. The molecule has 0 saturated heterocycles. The van der Waals surface area contributed by atoms with Crippen molar-refractivity contribution in [3.8, 4) is 0 Å². The van der Waals surface area contributed by atoms with Gasteiger partial charge in [-0.2, -0.15) is 13.8 Å². The Kier molecular flexibility index (Phi) is 4.99. The van der Waals surface area contributed by atoms with E-state index in [0.29, 0.717) is 5.56 Å². The second-order valence-electron chi connectivity index (χ2n) is 3.78. The Morgan fingerprint density at radius 3 is 2.42 bits per heavy atom. The summed E-state index contributed by atoms with van der Waals surface area (Å²) in [5.74, 6) is -2.87. The Bertz CT molecular complexity index is 587. The van der Waals surface area contributed by atoms with Crippen molar-refractivity contribution < 1.29 is 41.1 Å². The number of hydrogen-bond donors (Lipinski definition) is 1. The first-order valence-corrected chi connectivity index (χ1v) is 5.24. The first kappa shape index (κ1) is 15.6. The summed E-state index contributed by atoms with van der Waals surface area (Å²) in [6.45, 7) is 1.58. The van der Waals surface area contributed by atoms with Gasteiger partial charge in [-0.3, -0.25) is 4.57 Å². The number of carbonyl (C=O) groups is 1. The summed E-state index contributed by atoms with van der Waals surface area (Å²) in [5.41, 5.74) is -0.111. The summed E-state index contributed by atoms with van der Waals surface area (Å²) < 4.78 is 27.5. The SMILES string of the molecule is C[C@H](c1ccccc1)n1c(F)nc(F)c1C(=O)O.[Ag]. The molecule has 0 aliphatic carbocycles. The van der Waals surface area contributed by atoms with E-state index in [1.165, 1.54) is 0 Å². The van der Waals surface area contributed by atoms with Crippen LogP contribution in [0.4, 0.5) is 8.78 Å². The van der Waals surface area contributed by atoms with Crippen LogP contribution in [0.25, 0.3) is 0 Å². The average Bonchev–Trinajstić information content (AvgIpc) is 2.64. The molecule has 1 N–H and O–H groups in total. The molecule has 19 heavy (non-hydrogen) atoms. The van der Waals surface area contributed by atoms with E-state index in [-0.39, 0.29) is 22.4 Å². The van der Waals surface area contributed by atoms with Crippen LogP contribution < -0.4 is 0 Å². The number of imidazole rings is 1. The molecular formula is C12H10AgF2N2O2. The Hall–Kier alpha value is -1.50. The maximum absolute atomic E-state index is 13.5. The van der Waals surface area contributed by atoms with Crippen LogP contribution in [0.15, 0.2) is 30.3 Å². The van der Waals surface area contributed by atoms with Crippen molar-refractivity contribution in [1.29, 1.82) is 0 Å². The predicted octanol–water partition coefficient (Wildman–Crippen LogP) is 2.47. The number of aromatic nitrogens is 2. The minimum atomic E-state index is -1.55. The van der Waals surface area contributed by atoms with Crippen LogP contribution in [-0.4, -0.2) is 20.6 Å². The summed E-state index contributed by atoms with van der Waals surface area (Å²) >= 11 is 0. The summed E-state index contributed by atoms with van der Waals surface area (Å²) in [7, 11) is 0. The van der Waals surface area contributed by atoms with Gasteiger partial charge in [-0.1, -0.05) is 30.3 Å². The molecule has 1 atom stereocenters. The first-order chi connectivity index (χ1) is 8.52. The summed E-state index contributed by atoms with van der Waals surface area (Å²) in [4.78, 5) is 13.9. The van der Waals surface area contributed by atoms with Crippen molar-refractivity contribution in [3.05, 3.63) is 53.6 Å². The van der Waals surface area contributed by atoms with Gasteiger partial charge in [0.25, 0.3) is 6.08 Å². The average molecular weight is 360 g/mol. The van der Waals surface area contributed by atoms with Crippen molar-refractivity contribution in [2.24, 2.45) is 0 Å². The number of halogens is 2. The Morgan fingerprint density at radius 1 is 1.32 bits per heavy atom. The van der Waals surface area contributed by atoms with Crippen LogP contribution in [-0.2, 0) is 22.4 Å². The van der Waals surface area contributed by atoms with Crippen molar-refractivity contribution in [2.75, 3.05) is 0 Å². The van der Waals surface area contributed by atoms with Gasteiger partial charge in [0.05, 0.1) is 6.04 Å². The molecule has 0 aliphatic rings. The molecule has 1 aromatic carbocycles. The second kappa shape index (κ2) is 6.10. The molecule has 2 aromatic rings. The third-order valence-corrected chi connectivity index (χ3v) is 2.70. The van der Waals surface area contributed by atoms with E-state index in [0.717, 1.165) is 4.57 Å². The Balaban J connectivity index is 0.00000180. The van der Waals surface area contributed by atoms with Crippen molar-refractivity contribution >= 4 is 5.97 Å². The van der Waals surface area contributed by atoms with Crippen LogP contribution in [0.2, 0.25) is 0 Å². The molecule has 0 aliphatic heterocycles. The number of rotatable bonds is 3. The van der Waals surface area contributed by atoms with Gasteiger partial charge < -0.3 is 5.11 Å². The maximum atomic E-state index is 13.5. The van der Waals surface area contributed by atoms with E-state index in [4.69, 9.17) is 5.11 Å². The van der Waals surface area contributed by atoms with E-state index in [1.807, 2.05) is 0 Å². The first-order valence-electron chi connectivity index (χ1n) is 5.24. The zero-order valence-electron chi connectivity index (χ0n) is 9.77. The predicted molar refractivity (Wildman–Crippen MR) is 59.4 cm³/mol. The fourth-order valence-electron chi connectivity index (χ4n) is 1.80. The molecule has 0 fully saturated rings. The minimum Gasteiger partial charge on any atom is -0.476 e. The van der Waals surface area contributed by atoms with Crippen molar-refractivity contribution in [2.45, 2.75) is 13.0 Å². The number of benzene rings is 1. The van der Waals surface area contributed by atoms with E-state index in [2.05, 4.69) is 4.98 Å². The number of nitrogens with zero attached hydrogens (tertiary/aromatic N) is 2. The zero-order valence-corrected chi connectivity index (χ0v) is 11.3. The topological polar surface area (TPSA) is 55.1 Å². The molecule has 0 unspecified atom stereocenters. The standard InChI is InChI=1S/C12H10F2N2O2.Ag/c1-7(8-5-3-2-4-6-8)16-9(11(17)18)10(13)15-12(16)14;/h2-7H,1H3,(H,17,18);/t7-;/m1./s1. The Morgan fingerprint density at radius 2 is 1.89 bits per heavy atom. The van der Waals surface area contributed by atoms with Gasteiger partial charge in [-0.05, 0) is 12.5 Å². The molecule has 0 bridgehead atoms. The molecule has 7 heteroatoms. The summed E-state index contributed by atoms with van der Waals surface area (Å²) in [6, 6.07) is 7.99. The van der Waals surface area contributed by atoms with Crippen LogP contribution in [0, 0.1) is 12.0 Å². The van der Waals surface area contributed by atoms with Gasteiger partial charge in [0.1, 0.15) is 0 Å². The van der Waals surface area contributed by atoms with Crippen molar-refractivity contribution in [1.82, 2.24) is 9.55 Å². The van der Waals surface area contributed by atoms with E-state index in [1.54, 1.807) is 37.3 Å². The molecule has 4 nitrogen and oxygen atoms in total.